The van der Waals surface area contributed by atoms with E-state index in [9.17, 15) is 0 Å². The monoisotopic (exact) mass is 286 g/mol. The minimum absolute atomic E-state index is 0.793. The van der Waals surface area contributed by atoms with E-state index in [2.05, 4.69) is 42.4 Å². The highest BCUT2D eigenvalue weighted by molar-refractivity contribution is 5.54. The van der Waals surface area contributed by atoms with Gasteiger partial charge < -0.3 is 5.32 Å². The average molecular weight is 286 g/mol. The van der Waals surface area contributed by atoms with Crippen LogP contribution in [0, 0.1) is 5.92 Å². The second-order valence-corrected chi connectivity index (χ2v) is 7.02. The first-order chi connectivity index (χ1) is 10.3. The van der Waals surface area contributed by atoms with Gasteiger partial charge in [-0.3, -0.25) is 4.90 Å². The summed E-state index contributed by atoms with van der Waals surface area (Å²) in [6, 6.07) is 7.81. The Bertz CT molecular complexity index is 461. The Morgan fingerprint density at radius 3 is 2.76 bits per heavy atom. The fourth-order valence-corrected chi connectivity index (χ4v) is 4.04. The lowest BCUT2D eigenvalue weighted by atomic mass is 9.84. The van der Waals surface area contributed by atoms with E-state index in [0.717, 1.165) is 25.0 Å². The molecule has 1 heterocycles. The zero-order valence-corrected chi connectivity index (χ0v) is 13.7. The van der Waals surface area contributed by atoms with Gasteiger partial charge in [-0.25, -0.2) is 0 Å². The molecule has 2 nitrogen and oxygen atoms in total. The van der Waals surface area contributed by atoms with Crippen molar-refractivity contribution in [2.24, 2.45) is 5.92 Å². The SMILES string of the molecule is CCC1CCC(N(C)Cc2ccc3c(c2)CCCN3)CC1. The van der Waals surface area contributed by atoms with Crippen LogP contribution in [0.25, 0.3) is 0 Å². The molecule has 1 aliphatic carbocycles. The number of aryl methyl sites for hydroxylation is 1. The highest BCUT2D eigenvalue weighted by Gasteiger charge is 2.23. The first-order valence-electron chi connectivity index (χ1n) is 8.82. The maximum atomic E-state index is 3.50. The van der Waals surface area contributed by atoms with E-state index in [-0.39, 0.29) is 0 Å². The van der Waals surface area contributed by atoms with Crippen LogP contribution in [0.1, 0.15) is 56.6 Å². The summed E-state index contributed by atoms with van der Waals surface area (Å²) < 4.78 is 0. The van der Waals surface area contributed by atoms with Gasteiger partial charge in [-0.15, -0.1) is 0 Å². The normalized spacial score (nSPS) is 25.5. The van der Waals surface area contributed by atoms with E-state index in [0.29, 0.717) is 0 Å². The Hall–Kier alpha value is -1.02. The topological polar surface area (TPSA) is 15.3 Å². The Morgan fingerprint density at radius 2 is 2.00 bits per heavy atom. The van der Waals surface area contributed by atoms with E-state index in [1.54, 1.807) is 0 Å². The third-order valence-electron chi connectivity index (χ3n) is 5.56. The largest absolute Gasteiger partial charge is 0.385 e. The smallest absolute Gasteiger partial charge is 0.0372 e. The third-order valence-corrected chi connectivity index (χ3v) is 5.56. The van der Waals surface area contributed by atoms with Crippen LogP contribution in [0.15, 0.2) is 18.2 Å². The lowest BCUT2D eigenvalue weighted by Crippen LogP contribution is -2.34. The van der Waals surface area contributed by atoms with Crippen LogP contribution in [-0.4, -0.2) is 24.5 Å². The number of benzene rings is 1. The van der Waals surface area contributed by atoms with Gasteiger partial charge >= 0.3 is 0 Å². The zero-order chi connectivity index (χ0) is 14.7. The molecule has 0 saturated heterocycles. The van der Waals surface area contributed by atoms with Crippen LogP contribution in [0.3, 0.4) is 0 Å². The highest BCUT2D eigenvalue weighted by Crippen LogP contribution is 2.30. The molecule has 116 valence electrons. The number of rotatable bonds is 4. The summed E-state index contributed by atoms with van der Waals surface area (Å²) in [5, 5.41) is 3.50. The van der Waals surface area contributed by atoms with Gasteiger partial charge in [-0.05, 0) is 68.7 Å². The van der Waals surface area contributed by atoms with Gasteiger partial charge in [0.1, 0.15) is 0 Å². The van der Waals surface area contributed by atoms with E-state index < -0.39 is 0 Å². The molecule has 1 N–H and O–H groups in total. The molecule has 0 amide bonds. The standard InChI is InChI=1S/C19H30N2/c1-3-15-6-9-18(10-7-15)21(2)14-16-8-11-19-17(13-16)5-4-12-20-19/h8,11,13,15,18,20H,3-7,9-10,12,14H2,1-2H3. The average Bonchev–Trinajstić information content (AvgIpc) is 2.55. The van der Waals surface area contributed by atoms with Gasteiger partial charge in [-0.1, -0.05) is 25.5 Å². The molecule has 2 heteroatoms. The maximum absolute atomic E-state index is 3.50. The predicted molar refractivity (Wildman–Crippen MR) is 90.8 cm³/mol. The number of anilines is 1. The summed E-state index contributed by atoms with van der Waals surface area (Å²) in [6.45, 7) is 4.58. The fourth-order valence-electron chi connectivity index (χ4n) is 4.04. The van der Waals surface area contributed by atoms with Crippen molar-refractivity contribution in [1.29, 1.82) is 0 Å². The van der Waals surface area contributed by atoms with E-state index in [1.165, 1.54) is 61.8 Å². The predicted octanol–water partition coefficient (Wildman–Crippen LogP) is 4.45. The van der Waals surface area contributed by atoms with Crippen molar-refractivity contribution in [2.75, 3.05) is 18.9 Å². The van der Waals surface area contributed by atoms with Crippen LogP contribution in [-0.2, 0) is 13.0 Å². The Kier molecular flexibility index (Phi) is 4.84. The summed E-state index contributed by atoms with van der Waals surface area (Å²) >= 11 is 0. The Labute approximate surface area is 129 Å². The number of hydrogen-bond donors (Lipinski definition) is 1. The van der Waals surface area contributed by atoms with Crippen molar-refractivity contribution in [1.82, 2.24) is 4.90 Å². The summed E-state index contributed by atoms with van der Waals surface area (Å²) in [7, 11) is 2.31. The van der Waals surface area contributed by atoms with Gasteiger partial charge in [0.2, 0.25) is 0 Å². The van der Waals surface area contributed by atoms with Crippen molar-refractivity contribution >= 4 is 5.69 Å². The molecule has 1 aliphatic heterocycles. The number of hydrogen-bond acceptors (Lipinski definition) is 2. The van der Waals surface area contributed by atoms with Gasteiger partial charge in [0, 0.05) is 24.8 Å². The van der Waals surface area contributed by atoms with E-state index >= 15 is 0 Å². The van der Waals surface area contributed by atoms with Crippen LogP contribution in [0.4, 0.5) is 5.69 Å². The summed E-state index contributed by atoms with van der Waals surface area (Å²) in [5.41, 5.74) is 4.36. The maximum Gasteiger partial charge on any atom is 0.0372 e. The van der Waals surface area contributed by atoms with E-state index in [1.807, 2.05) is 0 Å². The lowest BCUT2D eigenvalue weighted by Gasteiger charge is -2.34. The van der Waals surface area contributed by atoms with Gasteiger partial charge in [0.15, 0.2) is 0 Å². The second-order valence-electron chi connectivity index (χ2n) is 7.02. The van der Waals surface area contributed by atoms with Crippen LogP contribution in [0.5, 0.6) is 0 Å². The number of nitrogens with zero attached hydrogens (tertiary/aromatic N) is 1. The Balaban J connectivity index is 1.58. The minimum Gasteiger partial charge on any atom is -0.385 e. The molecule has 3 rings (SSSR count). The molecule has 0 bridgehead atoms. The third kappa shape index (κ3) is 3.60. The summed E-state index contributed by atoms with van der Waals surface area (Å²) in [4.78, 5) is 2.59. The molecule has 1 aromatic carbocycles. The van der Waals surface area contributed by atoms with Gasteiger partial charge in [0.05, 0.1) is 0 Å². The molecule has 0 unspecified atom stereocenters. The molecule has 2 aliphatic rings. The Morgan fingerprint density at radius 1 is 1.19 bits per heavy atom. The van der Waals surface area contributed by atoms with Gasteiger partial charge in [0.25, 0.3) is 0 Å². The van der Waals surface area contributed by atoms with Crippen LogP contribution >= 0.6 is 0 Å². The first-order valence-corrected chi connectivity index (χ1v) is 8.82. The molecule has 1 aromatic rings. The quantitative estimate of drug-likeness (QED) is 0.880. The fraction of sp³-hybridized carbons (Fsp3) is 0.684. The van der Waals surface area contributed by atoms with Crippen molar-refractivity contribution in [2.45, 2.75) is 64.5 Å². The molecular formula is C19H30N2. The highest BCUT2D eigenvalue weighted by atomic mass is 15.1. The van der Waals surface area contributed by atoms with E-state index in [4.69, 9.17) is 0 Å². The summed E-state index contributed by atoms with van der Waals surface area (Å²) in [5.74, 6) is 0.990. The molecule has 0 radical (unpaired) electrons. The van der Waals surface area contributed by atoms with Crippen molar-refractivity contribution < 1.29 is 0 Å². The molecular weight excluding hydrogens is 256 g/mol. The first kappa shape index (κ1) is 14.9. The van der Waals surface area contributed by atoms with Crippen LogP contribution in [0.2, 0.25) is 0 Å². The molecule has 0 aromatic heterocycles. The number of fused-ring (bicyclic) bond motifs is 1. The minimum atomic E-state index is 0.793. The van der Waals surface area contributed by atoms with Crippen LogP contribution < -0.4 is 5.32 Å². The summed E-state index contributed by atoms with van der Waals surface area (Å²) in [6.07, 6.45) is 9.52. The zero-order valence-electron chi connectivity index (χ0n) is 13.7. The van der Waals surface area contributed by atoms with Crippen molar-refractivity contribution in [3.8, 4) is 0 Å². The molecule has 0 atom stereocenters. The number of nitrogens with one attached hydrogen (secondary N) is 1. The molecule has 1 fully saturated rings. The second kappa shape index (κ2) is 6.83. The lowest BCUT2D eigenvalue weighted by molar-refractivity contribution is 0.157. The van der Waals surface area contributed by atoms with Gasteiger partial charge in [-0.2, -0.15) is 0 Å². The van der Waals surface area contributed by atoms with Crippen molar-refractivity contribution in [3.63, 3.8) is 0 Å². The molecule has 0 spiro atoms. The molecule has 21 heavy (non-hydrogen) atoms. The molecule has 1 saturated carbocycles. The van der Waals surface area contributed by atoms with Crippen molar-refractivity contribution in [3.05, 3.63) is 29.3 Å².